The number of carbonyl (C=O) groups is 2. The number of aliphatic hydroxyl groups excluding tert-OH is 1. The lowest BCUT2D eigenvalue weighted by Gasteiger charge is -2.29. The van der Waals surface area contributed by atoms with Gasteiger partial charge in [-0.3, -0.25) is 9.59 Å². The number of methoxy groups -OCH3 is 2. The second-order valence-electron chi connectivity index (χ2n) is 7.60. The molecule has 4 rings (SSSR count). The molecule has 1 N–H and O–H groups in total. The predicted octanol–water partition coefficient (Wildman–Crippen LogP) is 3.44. The van der Waals surface area contributed by atoms with Crippen molar-refractivity contribution in [2.45, 2.75) is 18.9 Å². The van der Waals surface area contributed by atoms with E-state index in [2.05, 4.69) is 4.90 Å². The zero-order chi connectivity index (χ0) is 22.0. The summed E-state index contributed by atoms with van der Waals surface area (Å²) < 4.78 is 11.0. The molecular formula is C23H26N2O5S. The van der Waals surface area contributed by atoms with Crippen LogP contribution in [0.2, 0.25) is 0 Å². The number of benzene rings is 1. The van der Waals surface area contributed by atoms with E-state index in [4.69, 9.17) is 9.47 Å². The van der Waals surface area contributed by atoms with Crippen molar-refractivity contribution >= 4 is 23.0 Å². The van der Waals surface area contributed by atoms with Crippen LogP contribution < -0.4 is 9.47 Å². The Labute approximate surface area is 185 Å². The summed E-state index contributed by atoms with van der Waals surface area (Å²) in [5.74, 6) is -0.426. The number of ketones is 1. The molecule has 7 nitrogen and oxygen atoms in total. The summed E-state index contributed by atoms with van der Waals surface area (Å²) >= 11 is 1.28. The van der Waals surface area contributed by atoms with Gasteiger partial charge in [0.15, 0.2) is 17.3 Å². The van der Waals surface area contributed by atoms with Crippen LogP contribution in [0, 0.1) is 0 Å². The molecule has 0 saturated carbocycles. The van der Waals surface area contributed by atoms with Crippen LogP contribution in [0.1, 0.15) is 34.1 Å². The monoisotopic (exact) mass is 442 g/mol. The Bertz CT molecular complexity index is 995. The molecule has 1 unspecified atom stereocenters. The molecule has 1 amide bonds. The Morgan fingerprint density at radius 2 is 1.90 bits per heavy atom. The van der Waals surface area contributed by atoms with Gasteiger partial charge in [-0.25, -0.2) is 0 Å². The third kappa shape index (κ3) is 3.93. The molecule has 1 saturated heterocycles. The van der Waals surface area contributed by atoms with E-state index in [0.717, 1.165) is 25.9 Å². The first kappa shape index (κ1) is 21.4. The van der Waals surface area contributed by atoms with E-state index in [0.29, 0.717) is 35.0 Å². The number of nitrogens with zero attached hydrogens (tertiary/aromatic N) is 2. The maximum absolute atomic E-state index is 13.3. The molecule has 0 spiro atoms. The number of hydrogen-bond acceptors (Lipinski definition) is 7. The second kappa shape index (κ2) is 9.11. The molecule has 2 aromatic rings. The van der Waals surface area contributed by atoms with Crippen LogP contribution >= 0.6 is 11.3 Å². The van der Waals surface area contributed by atoms with Crippen LogP contribution in [-0.2, 0) is 4.79 Å². The van der Waals surface area contributed by atoms with Gasteiger partial charge in [-0.2, -0.15) is 0 Å². The van der Waals surface area contributed by atoms with Crippen molar-refractivity contribution in [2.24, 2.45) is 0 Å². The van der Waals surface area contributed by atoms with Crippen molar-refractivity contribution in [3.05, 3.63) is 57.5 Å². The molecule has 164 valence electrons. The fourth-order valence-electron chi connectivity index (χ4n) is 4.36. The highest BCUT2D eigenvalue weighted by molar-refractivity contribution is 7.12. The van der Waals surface area contributed by atoms with E-state index < -0.39 is 17.7 Å². The first-order valence-corrected chi connectivity index (χ1v) is 11.2. The van der Waals surface area contributed by atoms with Gasteiger partial charge in [-0.05, 0) is 43.4 Å². The third-order valence-electron chi connectivity index (χ3n) is 5.88. The zero-order valence-electron chi connectivity index (χ0n) is 17.7. The maximum atomic E-state index is 13.3. The Hall–Kier alpha value is -2.84. The van der Waals surface area contributed by atoms with Gasteiger partial charge in [0.1, 0.15) is 0 Å². The maximum Gasteiger partial charge on any atom is 0.290 e. The molecule has 8 heteroatoms. The van der Waals surface area contributed by atoms with Crippen LogP contribution in [0.3, 0.4) is 0 Å². The minimum atomic E-state index is -0.755. The highest BCUT2D eigenvalue weighted by Gasteiger charge is 2.45. The Kier molecular flexibility index (Phi) is 6.29. The van der Waals surface area contributed by atoms with E-state index in [1.165, 1.54) is 25.6 Å². The molecule has 0 aliphatic carbocycles. The summed E-state index contributed by atoms with van der Waals surface area (Å²) in [5.41, 5.74) is 0.695. The molecule has 1 aromatic carbocycles. The summed E-state index contributed by atoms with van der Waals surface area (Å²) in [5, 5.41) is 12.6. The largest absolute Gasteiger partial charge is 0.503 e. The fourth-order valence-corrected chi connectivity index (χ4v) is 5.04. The summed E-state index contributed by atoms with van der Waals surface area (Å²) in [6, 6.07) is 8.08. The normalized spacial score (nSPS) is 19.4. The number of hydrogen-bond donors (Lipinski definition) is 1. The first-order chi connectivity index (χ1) is 15.1. The molecule has 2 aliphatic rings. The summed E-state index contributed by atoms with van der Waals surface area (Å²) in [6.07, 6.45) is 2.29. The number of ether oxygens (including phenoxy) is 2. The summed E-state index contributed by atoms with van der Waals surface area (Å²) in [4.78, 5) is 30.8. The van der Waals surface area contributed by atoms with Gasteiger partial charge >= 0.3 is 0 Å². The van der Waals surface area contributed by atoms with Gasteiger partial charge in [-0.1, -0.05) is 18.2 Å². The number of thiophene rings is 1. The van der Waals surface area contributed by atoms with Crippen LogP contribution in [0.25, 0.3) is 0 Å². The van der Waals surface area contributed by atoms with E-state index in [-0.39, 0.29) is 11.4 Å². The van der Waals surface area contributed by atoms with Crippen molar-refractivity contribution in [3.63, 3.8) is 0 Å². The van der Waals surface area contributed by atoms with Gasteiger partial charge in [-0.15, -0.1) is 11.3 Å². The Balaban J connectivity index is 1.77. The molecule has 31 heavy (non-hydrogen) atoms. The number of para-hydroxylation sites is 1. The molecular weight excluding hydrogens is 416 g/mol. The predicted molar refractivity (Wildman–Crippen MR) is 118 cm³/mol. The third-order valence-corrected chi connectivity index (χ3v) is 6.75. The molecule has 3 heterocycles. The average Bonchev–Trinajstić information content (AvgIpc) is 3.54. The van der Waals surface area contributed by atoms with Gasteiger partial charge < -0.3 is 24.4 Å². The highest BCUT2D eigenvalue weighted by atomic mass is 32.1. The van der Waals surface area contributed by atoms with Gasteiger partial charge in [0.2, 0.25) is 5.78 Å². The number of amides is 1. The van der Waals surface area contributed by atoms with Crippen LogP contribution in [0.4, 0.5) is 0 Å². The Morgan fingerprint density at radius 3 is 2.55 bits per heavy atom. The molecule has 1 fully saturated rings. The minimum Gasteiger partial charge on any atom is -0.503 e. The number of likely N-dealkylation sites (tertiary alicyclic amines) is 1. The smallest absolute Gasteiger partial charge is 0.290 e. The number of carbonyl (C=O) groups excluding carboxylic acids is 2. The van der Waals surface area contributed by atoms with Crippen molar-refractivity contribution in [2.75, 3.05) is 40.4 Å². The topological polar surface area (TPSA) is 79.3 Å². The van der Waals surface area contributed by atoms with Crippen molar-refractivity contribution < 1.29 is 24.2 Å². The number of rotatable bonds is 8. The van der Waals surface area contributed by atoms with E-state index in [9.17, 15) is 14.7 Å². The molecule has 1 atom stereocenters. The zero-order valence-corrected chi connectivity index (χ0v) is 18.5. The molecule has 1 aromatic heterocycles. The molecule has 0 radical (unpaired) electrons. The SMILES string of the molecule is COc1cccc(C2C(C(=O)c3cccs3)=C(O)C(=O)N2CCN2CCCC2)c1OC. The van der Waals surface area contributed by atoms with Crippen LogP contribution in [0.15, 0.2) is 47.0 Å². The number of Topliss-reactive ketones (excluding diaryl/α,β-unsaturated/α-hetero) is 1. The van der Waals surface area contributed by atoms with E-state index in [1.807, 2.05) is 6.07 Å². The van der Waals surface area contributed by atoms with Crippen molar-refractivity contribution in [3.8, 4) is 11.5 Å². The summed E-state index contributed by atoms with van der Waals surface area (Å²) in [6.45, 7) is 3.07. The fraction of sp³-hybridized carbons (Fsp3) is 0.391. The van der Waals surface area contributed by atoms with Gasteiger partial charge in [0.25, 0.3) is 5.91 Å². The highest BCUT2D eigenvalue weighted by Crippen LogP contribution is 2.45. The van der Waals surface area contributed by atoms with Gasteiger partial charge in [0, 0.05) is 18.7 Å². The lowest BCUT2D eigenvalue weighted by molar-refractivity contribution is -0.129. The van der Waals surface area contributed by atoms with Crippen molar-refractivity contribution in [1.82, 2.24) is 9.80 Å². The lowest BCUT2D eigenvalue weighted by atomic mass is 9.94. The van der Waals surface area contributed by atoms with Gasteiger partial charge in [0.05, 0.1) is 30.7 Å². The van der Waals surface area contributed by atoms with Crippen LogP contribution in [0.5, 0.6) is 11.5 Å². The second-order valence-corrected chi connectivity index (χ2v) is 8.55. The minimum absolute atomic E-state index is 0.0837. The molecule has 2 aliphatic heterocycles. The first-order valence-electron chi connectivity index (χ1n) is 10.3. The van der Waals surface area contributed by atoms with E-state index >= 15 is 0 Å². The quantitative estimate of drug-likeness (QED) is 0.631. The lowest BCUT2D eigenvalue weighted by Crippen LogP contribution is -2.38. The average molecular weight is 443 g/mol. The molecule has 0 bridgehead atoms. The number of aliphatic hydroxyl groups is 1. The standard InChI is InChI=1S/C23H26N2O5S/c1-29-16-8-5-7-15(22(16)30-2)19-18(20(26)17-9-6-14-31-17)21(27)23(28)25(19)13-12-24-10-3-4-11-24/h5-9,14,19,27H,3-4,10-13H2,1-2H3. The van der Waals surface area contributed by atoms with Crippen LogP contribution in [-0.4, -0.2) is 67.0 Å². The van der Waals surface area contributed by atoms with Crippen molar-refractivity contribution in [1.29, 1.82) is 0 Å². The Morgan fingerprint density at radius 1 is 1.13 bits per heavy atom. The van der Waals surface area contributed by atoms with E-state index in [1.54, 1.807) is 34.5 Å². The summed E-state index contributed by atoms with van der Waals surface area (Å²) in [7, 11) is 3.06.